The van der Waals surface area contributed by atoms with Crippen molar-refractivity contribution in [1.29, 1.82) is 0 Å². The third kappa shape index (κ3) is 4.15. The molecule has 0 fully saturated rings. The molecule has 102 valence electrons. The molecule has 0 saturated carbocycles. The summed E-state index contributed by atoms with van der Waals surface area (Å²) < 4.78 is 5.23. The average molecular weight is 260 g/mol. The Labute approximate surface area is 113 Å². The minimum absolute atomic E-state index is 0.247. The Bertz CT molecular complexity index is 495. The Morgan fingerprint density at radius 2 is 2.00 bits per heavy atom. The first-order valence-corrected chi connectivity index (χ1v) is 6.42. The van der Waals surface area contributed by atoms with Crippen LogP contribution < -0.4 is 5.73 Å². The average Bonchev–Trinajstić information content (AvgIpc) is 2.86. The van der Waals surface area contributed by atoms with Gasteiger partial charge in [0.2, 0.25) is 5.89 Å². The van der Waals surface area contributed by atoms with Crippen LogP contribution in [-0.4, -0.2) is 35.7 Å². The van der Waals surface area contributed by atoms with Crippen molar-refractivity contribution in [2.75, 3.05) is 20.6 Å². The van der Waals surface area contributed by atoms with Crippen molar-refractivity contribution < 1.29 is 4.52 Å². The Morgan fingerprint density at radius 3 is 2.68 bits per heavy atom. The molecule has 0 aliphatic heterocycles. The molecule has 5 nitrogen and oxygen atoms in total. The van der Waals surface area contributed by atoms with Crippen LogP contribution in [0.1, 0.15) is 23.3 Å². The molecule has 0 spiro atoms. The highest BCUT2D eigenvalue weighted by molar-refractivity contribution is 5.16. The van der Waals surface area contributed by atoms with Crippen LogP contribution in [0.15, 0.2) is 34.9 Å². The lowest BCUT2D eigenvalue weighted by molar-refractivity contribution is 0.346. The summed E-state index contributed by atoms with van der Waals surface area (Å²) in [6.45, 7) is 0.896. The van der Waals surface area contributed by atoms with Gasteiger partial charge in [-0.15, -0.1) is 0 Å². The van der Waals surface area contributed by atoms with Crippen molar-refractivity contribution in [1.82, 2.24) is 15.0 Å². The largest absolute Gasteiger partial charge is 0.338 e. The van der Waals surface area contributed by atoms with Crippen LogP contribution in [0, 0.1) is 0 Å². The predicted octanol–water partition coefficient (Wildman–Crippen LogP) is 1.42. The summed E-state index contributed by atoms with van der Waals surface area (Å²) in [7, 11) is 4.03. The molecule has 1 heterocycles. The van der Waals surface area contributed by atoms with Gasteiger partial charge in [0.1, 0.15) is 0 Å². The van der Waals surface area contributed by atoms with Gasteiger partial charge in [-0.05, 0) is 26.1 Å². The smallest absolute Gasteiger partial charge is 0.243 e. The number of likely N-dealkylation sites (N-methyl/N-ethyl adjacent to an activating group) is 1. The van der Waals surface area contributed by atoms with Gasteiger partial charge in [-0.3, -0.25) is 0 Å². The third-order valence-electron chi connectivity index (χ3n) is 2.88. The molecule has 0 saturated heterocycles. The number of benzene rings is 1. The quantitative estimate of drug-likeness (QED) is 0.850. The fourth-order valence-corrected chi connectivity index (χ4v) is 1.80. The minimum atomic E-state index is -0.247. The monoisotopic (exact) mass is 260 g/mol. The second-order valence-electron chi connectivity index (χ2n) is 4.90. The zero-order valence-corrected chi connectivity index (χ0v) is 11.4. The van der Waals surface area contributed by atoms with Crippen molar-refractivity contribution >= 4 is 0 Å². The van der Waals surface area contributed by atoms with Gasteiger partial charge < -0.3 is 15.2 Å². The van der Waals surface area contributed by atoms with Gasteiger partial charge in [-0.1, -0.05) is 35.5 Å². The van der Waals surface area contributed by atoms with E-state index in [1.165, 1.54) is 5.56 Å². The van der Waals surface area contributed by atoms with Gasteiger partial charge >= 0.3 is 0 Å². The fourth-order valence-electron chi connectivity index (χ4n) is 1.80. The molecule has 0 radical (unpaired) electrons. The fraction of sp³-hybridized carbons (Fsp3) is 0.429. The SMILES string of the molecule is CN(C)CCc1noc([C@H](N)Cc2ccccc2)n1. The first-order chi connectivity index (χ1) is 9.15. The Morgan fingerprint density at radius 1 is 1.26 bits per heavy atom. The molecular formula is C14H20N4O. The van der Waals surface area contributed by atoms with Crippen LogP contribution in [0.2, 0.25) is 0 Å². The first-order valence-electron chi connectivity index (χ1n) is 6.42. The lowest BCUT2D eigenvalue weighted by atomic mass is 10.1. The Hall–Kier alpha value is -1.72. The number of nitrogens with zero attached hydrogens (tertiary/aromatic N) is 3. The summed E-state index contributed by atoms with van der Waals surface area (Å²) >= 11 is 0. The van der Waals surface area contributed by atoms with Gasteiger partial charge in [0, 0.05) is 13.0 Å². The van der Waals surface area contributed by atoms with E-state index in [4.69, 9.17) is 10.3 Å². The van der Waals surface area contributed by atoms with E-state index in [1.807, 2.05) is 44.4 Å². The second kappa shape index (κ2) is 6.45. The molecule has 0 aliphatic carbocycles. The molecule has 1 aromatic carbocycles. The van der Waals surface area contributed by atoms with E-state index < -0.39 is 0 Å². The molecule has 2 aromatic rings. The van der Waals surface area contributed by atoms with Crippen molar-refractivity contribution in [3.63, 3.8) is 0 Å². The molecule has 0 bridgehead atoms. The topological polar surface area (TPSA) is 68.2 Å². The maximum atomic E-state index is 6.09. The van der Waals surface area contributed by atoms with Gasteiger partial charge in [0.25, 0.3) is 0 Å². The summed E-state index contributed by atoms with van der Waals surface area (Å²) in [5.74, 6) is 1.23. The molecule has 1 aromatic heterocycles. The number of rotatable bonds is 6. The van der Waals surface area contributed by atoms with Gasteiger partial charge in [0.05, 0.1) is 6.04 Å². The Kier molecular flexibility index (Phi) is 4.65. The number of aromatic nitrogens is 2. The van der Waals surface area contributed by atoms with Crippen LogP contribution in [0.3, 0.4) is 0 Å². The number of hydrogen-bond donors (Lipinski definition) is 1. The minimum Gasteiger partial charge on any atom is -0.338 e. The van der Waals surface area contributed by atoms with E-state index >= 15 is 0 Å². The molecule has 19 heavy (non-hydrogen) atoms. The molecule has 0 aliphatic rings. The van der Waals surface area contributed by atoms with E-state index in [1.54, 1.807) is 0 Å². The van der Waals surface area contributed by atoms with E-state index in [9.17, 15) is 0 Å². The van der Waals surface area contributed by atoms with E-state index in [-0.39, 0.29) is 6.04 Å². The van der Waals surface area contributed by atoms with E-state index in [2.05, 4.69) is 15.0 Å². The number of hydrogen-bond acceptors (Lipinski definition) is 5. The van der Waals surface area contributed by atoms with Gasteiger partial charge in [-0.25, -0.2) is 0 Å². The van der Waals surface area contributed by atoms with E-state index in [0.717, 1.165) is 13.0 Å². The van der Waals surface area contributed by atoms with Crippen molar-refractivity contribution in [2.24, 2.45) is 5.73 Å². The number of nitrogens with two attached hydrogens (primary N) is 1. The molecule has 2 N–H and O–H groups in total. The van der Waals surface area contributed by atoms with Crippen molar-refractivity contribution in [2.45, 2.75) is 18.9 Å². The summed E-state index contributed by atoms with van der Waals surface area (Å²) in [5, 5.41) is 3.96. The summed E-state index contributed by atoms with van der Waals surface area (Å²) in [5.41, 5.74) is 7.26. The molecule has 5 heteroatoms. The van der Waals surface area contributed by atoms with Gasteiger partial charge in [0.15, 0.2) is 5.82 Å². The third-order valence-corrected chi connectivity index (χ3v) is 2.88. The summed E-state index contributed by atoms with van der Waals surface area (Å²) in [6.07, 6.45) is 1.48. The second-order valence-corrected chi connectivity index (χ2v) is 4.90. The van der Waals surface area contributed by atoms with Crippen molar-refractivity contribution in [3.05, 3.63) is 47.6 Å². The summed E-state index contributed by atoms with van der Waals surface area (Å²) in [4.78, 5) is 6.43. The highest BCUT2D eigenvalue weighted by Gasteiger charge is 2.15. The molecular weight excluding hydrogens is 240 g/mol. The molecule has 2 rings (SSSR count). The predicted molar refractivity (Wildman–Crippen MR) is 73.6 cm³/mol. The highest BCUT2D eigenvalue weighted by Crippen LogP contribution is 2.14. The van der Waals surface area contributed by atoms with Crippen LogP contribution in [0.5, 0.6) is 0 Å². The molecule has 0 unspecified atom stereocenters. The zero-order valence-electron chi connectivity index (χ0n) is 11.4. The Balaban J connectivity index is 1.94. The van der Waals surface area contributed by atoms with Crippen LogP contribution in [-0.2, 0) is 12.8 Å². The van der Waals surface area contributed by atoms with Gasteiger partial charge in [-0.2, -0.15) is 4.98 Å². The lowest BCUT2D eigenvalue weighted by Crippen LogP contribution is -2.16. The molecule has 1 atom stereocenters. The van der Waals surface area contributed by atoms with Crippen molar-refractivity contribution in [3.8, 4) is 0 Å². The normalized spacial score (nSPS) is 12.8. The van der Waals surface area contributed by atoms with Crippen LogP contribution >= 0.6 is 0 Å². The van der Waals surface area contributed by atoms with E-state index in [0.29, 0.717) is 18.1 Å². The van der Waals surface area contributed by atoms with Crippen LogP contribution in [0.4, 0.5) is 0 Å². The maximum Gasteiger partial charge on any atom is 0.243 e. The van der Waals surface area contributed by atoms with Crippen LogP contribution in [0.25, 0.3) is 0 Å². The standard InChI is InChI=1S/C14H20N4O/c1-18(2)9-8-13-16-14(19-17-13)12(15)10-11-6-4-3-5-7-11/h3-7,12H,8-10,15H2,1-2H3/t12-/m1/s1. The lowest BCUT2D eigenvalue weighted by Gasteiger charge is -2.06. The zero-order chi connectivity index (χ0) is 13.7. The highest BCUT2D eigenvalue weighted by atomic mass is 16.5. The summed E-state index contributed by atoms with van der Waals surface area (Å²) in [6, 6.07) is 9.83. The molecule has 0 amide bonds. The first kappa shape index (κ1) is 13.7. The maximum absolute atomic E-state index is 6.09.